The first-order chi connectivity index (χ1) is 5.29. The van der Waals surface area contributed by atoms with Crippen molar-refractivity contribution in [1.29, 1.82) is 5.26 Å². The fraction of sp³-hybridized carbons (Fsp3) is 0.429. The lowest BCUT2D eigenvalue weighted by atomic mass is 10.2. The molecule has 0 fully saturated rings. The van der Waals surface area contributed by atoms with E-state index in [0.29, 0.717) is 5.57 Å². The molecule has 0 aromatic rings. The normalized spacial score (nSPS) is 16.2. The van der Waals surface area contributed by atoms with Gasteiger partial charge in [-0.3, -0.25) is 0 Å². The molecule has 0 aromatic carbocycles. The second kappa shape index (κ2) is 3.06. The number of nitriles is 1. The Kier molecular flexibility index (Phi) is 2.12. The summed E-state index contributed by atoms with van der Waals surface area (Å²) < 4.78 is 4.69. The molecule has 4 nitrogen and oxygen atoms in total. The number of nitrogens with one attached hydrogen (secondary N) is 1. The number of carbonyl (C=O) groups is 1. The summed E-state index contributed by atoms with van der Waals surface area (Å²) in [6.07, 6.45) is 0.120. The van der Waals surface area contributed by atoms with E-state index in [-0.39, 0.29) is 19.0 Å². The summed E-state index contributed by atoms with van der Waals surface area (Å²) in [7, 11) is 1.70. The molecule has 0 aromatic heterocycles. The second-order valence-electron chi connectivity index (χ2n) is 2.12. The molecular weight excluding hydrogens is 144 g/mol. The average molecular weight is 152 g/mol. The molecule has 1 aliphatic heterocycles. The molecule has 1 N–H and O–H groups in total. The molecule has 0 aliphatic carbocycles. The molecule has 58 valence electrons. The van der Waals surface area contributed by atoms with Gasteiger partial charge in [0.25, 0.3) is 0 Å². The smallest absolute Gasteiger partial charge is 0.337 e. The predicted molar refractivity (Wildman–Crippen MR) is 37.3 cm³/mol. The number of nitrogens with zero attached hydrogens (tertiary/aromatic N) is 1. The first-order valence-electron chi connectivity index (χ1n) is 3.23. The van der Waals surface area contributed by atoms with Crippen LogP contribution in [-0.4, -0.2) is 19.6 Å². The van der Waals surface area contributed by atoms with Crippen molar-refractivity contribution in [3.05, 3.63) is 11.3 Å². The topological polar surface area (TPSA) is 62.1 Å². The third-order valence-electron chi connectivity index (χ3n) is 1.52. The zero-order valence-corrected chi connectivity index (χ0v) is 6.18. The molecule has 0 unspecified atom stereocenters. The SMILES string of the molecule is CNC1=C(CC#N)C(=O)OC1. The summed E-state index contributed by atoms with van der Waals surface area (Å²) in [5.41, 5.74) is 1.17. The molecule has 0 bridgehead atoms. The molecule has 1 rings (SSSR count). The molecule has 1 heterocycles. The van der Waals surface area contributed by atoms with E-state index < -0.39 is 0 Å². The van der Waals surface area contributed by atoms with E-state index in [2.05, 4.69) is 5.32 Å². The van der Waals surface area contributed by atoms with Crippen molar-refractivity contribution in [3.8, 4) is 6.07 Å². The lowest BCUT2D eigenvalue weighted by molar-refractivity contribution is -0.136. The number of esters is 1. The van der Waals surface area contributed by atoms with Crippen molar-refractivity contribution in [2.75, 3.05) is 13.7 Å². The molecular formula is C7H8N2O2. The Hall–Kier alpha value is -1.50. The van der Waals surface area contributed by atoms with Gasteiger partial charge in [0.05, 0.1) is 23.8 Å². The highest BCUT2D eigenvalue weighted by Gasteiger charge is 2.23. The van der Waals surface area contributed by atoms with Gasteiger partial charge in [-0.2, -0.15) is 5.26 Å². The average Bonchev–Trinajstić information content (AvgIpc) is 2.34. The Balaban J connectivity index is 2.83. The van der Waals surface area contributed by atoms with Crippen molar-refractivity contribution in [1.82, 2.24) is 5.32 Å². The van der Waals surface area contributed by atoms with E-state index in [1.54, 1.807) is 7.05 Å². The van der Waals surface area contributed by atoms with Crippen molar-refractivity contribution >= 4 is 5.97 Å². The highest BCUT2D eigenvalue weighted by Crippen LogP contribution is 2.15. The standard InChI is InChI=1S/C7H8N2O2/c1-9-6-4-11-7(10)5(6)2-3-8/h9H,2,4H2,1H3. The predicted octanol–water partition coefficient (Wildman–Crippen LogP) is -0.0696. The first-order valence-corrected chi connectivity index (χ1v) is 3.23. The van der Waals surface area contributed by atoms with Crippen LogP contribution in [0.15, 0.2) is 11.3 Å². The molecule has 1 aliphatic rings. The van der Waals surface area contributed by atoms with Crippen molar-refractivity contribution in [3.63, 3.8) is 0 Å². The first kappa shape index (κ1) is 7.61. The van der Waals surface area contributed by atoms with Crippen LogP contribution < -0.4 is 5.32 Å². The minimum absolute atomic E-state index is 0.120. The minimum Gasteiger partial charge on any atom is -0.456 e. The van der Waals surface area contributed by atoms with Crippen LogP contribution in [0.5, 0.6) is 0 Å². The highest BCUT2D eigenvalue weighted by molar-refractivity contribution is 5.91. The molecule has 0 amide bonds. The Morgan fingerprint density at radius 3 is 3.09 bits per heavy atom. The van der Waals surface area contributed by atoms with E-state index in [4.69, 9.17) is 10.00 Å². The van der Waals surface area contributed by atoms with Crippen LogP contribution in [0.1, 0.15) is 6.42 Å². The van der Waals surface area contributed by atoms with Gasteiger partial charge in [-0.1, -0.05) is 0 Å². The zero-order valence-electron chi connectivity index (χ0n) is 6.18. The number of rotatable bonds is 2. The lowest BCUT2D eigenvalue weighted by Gasteiger charge is -1.96. The number of carbonyl (C=O) groups excluding carboxylic acids is 1. The van der Waals surface area contributed by atoms with E-state index in [1.165, 1.54) is 0 Å². The zero-order chi connectivity index (χ0) is 8.27. The number of cyclic esters (lactones) is 1. The maximum Gasteiger partial charge on any atom is 0.337 e. The van der Waals surface area contributed by atoms with Gasteiger partial charge in [0.15, 0.2) is 0 Å². The molecule has 0 saturated carbocycles. The third-order valence-corrected chi connectivity index (χ3v) is 1.52. The highest BCUT2D eigenvalue weighted by atomic mass is 16.5. The monoisotopic (exact) mass is 152 g/mol. The fourth-order valence-corrected chi connectivity index (χ4v) is 0.916. The quantitative estimate of drug-likeness (QED) is 0.562. The van der Waals surface area contributed by atoms with E-state index in [1.807, 2.05) is 6.07 Å². The van der Waals surface area contributed by atoms with Gasteiger partial charge in [0.2, 0.25) is 0 Å². The Morgan fingerprint density at radius 1 is 1.82 bits per heavy atom. The van der Waals surface area contributed by atoms with Gasteiger partial charge in [-0.05, 0) is 0 Å². The Labute approximate surface area is 64.5 Å². The maximum atomic E-state index is 10.9. The van der Waals surface area contributed by atoms with Gasteiger partial charge >= 0.3 is 5.97 Å². The van der Waals surface area contributed by atoms with Crippen LogP contribution in [0.4, 0.5) is 0 Å². The van der Waals surface area contributed by atoms with Gasteiger partial charge in [0, 0.05) is 7.05 Å². The van der Waals surface area contributed by atoms with Crippen molar-refractivity contribution < 1.29 is 9.53 Å². The van der Waals surface area contributed by atoms with Gasteiger partial charge < -0.3 is 10.1 Å². The molecule has 0 radical (unpaired) electrons. The van der Waals surface area contributed by atoms with Crippen LogP contribution in [0.25, 0.3) is 0 Å². The number of hydrogen-bond acceptors (Lipinski definition) is 4. The molecule has 0 atom stereocenters. The summed E-state index contributed by atoms with van der Waals surface area (Å²) in [5.74, 6) is -0.379. The molecule has 0 spiro atoms. The molecule has 4 heteroatoms. The van der Waals surface area contributed by atoms with Gasteiger partial charge in [-0.25, -0.2) is 4.79 Å². The summed E-state index contributed by atoms with van der Waals surface area (Å²) in [4.78, 5) is 10.9. The van der Waals surface area contributed by atoms with Crippen LogP contribution in [0.3, 0.4) is 0 Å². The number of ether oxygens (including phenoxy) is 1. The number of hydrogen-bond donors (Lipinski definition) is 1. The maximum absolute atomic E-state index is 10.9. The van der Waals surface area contributed by atoms with E-state index in [9.17, 15) is 4.79 Å². The lowest BCUT2D eigenvalue weighted by Crippen LogP contribution is -2.08. The van der Waals surface area contributed by atoms with Crippen LogP contribution in [0.2, 0.25) is 0 Å². The number of likely N-dealkylation sites (N-methyl/N-ethyl adjacent to an activating group) is 1. The van der Waals surface area contributed by atoms with E-state index >= 15 is 0 Å². The van der Waals surface area contributed by atoms with Crippen LogP contribution >= 0.6 is 0 Å². The van der Waals surface area contributed by atoms with Crippen molar-refractivity contribution in [2.45, 2.75) is 6.42 Å². The second-order valence-corrected chi connectivity index (χ2v) is 2.12. The van der Waals surface area contributed by atoms with Crippen LogP contribution in [0, 0.1) is 11.3 Å². The Bertz CT molecular complexity index is 250. The van der Waals surface area contributed by atoms with Gasteiger partial charge in [-0.15, -0.1) is 0 Å². The summed E-state index contributed by atoms with van der Waals surface area (Å²) >= 11 is 0. The summed E-state index contributed by atoms with van der Waals surface area (Å²) in [6, 6.07) is 1.91. The minimum atomic E-state index is -0.379. The van der Waals surface area contributed by atoms with Crippen LogP contribution in [-0.2, 0) is 9.53 Å². The Morgan fingerprint density at radius 2 is 2.55 bits per heavy atom. The summed E-state index contributed by atoms with van der Waals surface area (Å²) in [5, 5.41) is 11.1. The summed E-state index contributed by atoms with van der Waals surface area (Å²) in [6.45, 7) is 0.270. The van der Waals surface area contributed by atoms with Crippen molar-refractivity contribution in [2.24, 2.45) is 0 Å². The van der Waals surface area contributed by atoms with Gasteiger partial charge in [0.1, 0.15) is 6.61 Å². The molecule has 11 heavy (non-hydrogen) atoms. The largest absolute Gasteiger partial charge is 0.456 e. The fourth-order valence-electron chi connectivity index (χ4n) is 0.916. The third kappa shape index (κ3) is 1.32. The van der Waals surface area contributed by atoms with E-state index in [0.717, 1.165) is 5.70 Å². The molecule has 0 saturated heterocycles.